The molecule has 1 aromatic carbocycles. The molecule has 116 valence electrons. The van der Waals surface area contributed by atoms with Crippen molar-refractivity contribution in [2.75, 3.05) is 6.54 Å². The lowest BCUT2D eigenvalue weighted by Crippen LogP contribution is -2.42. The van der Waals surface area contributed by atoms with Crippen molar-refractivity contribution < 1.29 is 5.11 Å². The van der Waals surface area contributed by atoms with Gasteiger partial charge in [0, 0.05) is 12.6 Å². The van der Waals surface area contributed by atoms with E-state index < -0.39 is 5.60 Å². The van der Waals surface area contributed by atoms with E-state index in [0.717, 1.165) is 19.4 Å². The van der Waals surface area contributed by atoms with Gasteiger partial charge in [0.05, 0.1) is 5.60 Å². The first kappa shape index (κ1) is 15.1. The molecule has 2 aliphatic rings. The van der Waals surface area contributed by atoms with Crippen molar-refractivity contribution in [1.29, 1.82) is 0 Å². The van der Waals surface area contributed by atoms with E-state index in [1.54, 1.807) is 0 Å². The molecule has 0 saturated heterocycles. The van der Waals surface area contributed by atoms with E-state index in [-0.39, 0.29) is 0 Å². The van der Waals surface area contributed by atoms with Gasteiger partial charge in [0.2, 0.25) is 0 Å². The summed E-state index contributed by atoms with van der Waals surface area (Å²) in [6.07, 6.45) is 9.28. The van der Waals surface area contributed by atoms with Crippen molar-refractivity contribution in [2.45, 2.75) is 75.9 Å². The Bertz CT molecular complexity index is 462. The van der Waals surface area contributed by atoms with Crippen molar-refractivity contribution in [3.8, 4) is 0 Å². The number of hydrogen-bond acceptors (Lipinski definition) is 2. The van der Waals surface area contributed by atoms with Crippen LogP contribution in [0.15, 0.2) is 24.3 Å². The molecule has 2 heteroatoms. The summed E-state index contributed by atoms with van der Waals surface area (Å²) in [6, 6.07) is 9.25. The number of rotatable bonds is 3. The zero-order valence-corrected chi connectivity index (χ0v) is 13.3. The minimum Gasteiger partial charge on any atom is -0.389 e. The third-order valence-corrected chi connectivity index (χ3v) is 5.50. The first-order valence-corrected chi connectivity index (χ1v) is 8.73. The monoisotopic (exact) mass is 287 g/mol. The minimum atomic E-state index is -0.478. The first-order chi connectivity index (χ1) is 10.2. The fraction of sp³-hybridized carbons (Fsp3) is 0.684. The van der Waals surface area contributed by atoms with Crippen LogP contribution in [0.3, 0.4) is 0 Å². The van der Waals surface area contributed by atoms with Crippen molar-refractivity contribution in [2.24, 2.45) is 0 Å². The maximum atomic E-state index is 10.8. The van der Waals surface area contributed by atoms with Gasteiger partial charge in [-0.2, -0.15) is 0 Å². The zero-order valence-electron chi connectivity index (χ0n) is 13.3. The van der Waals surface area contributed by atoms with E-state index in [1.807, 2.05) is 0 Å². The SMILES string of the molecule is CC1CCC(NCC2(O)CCCCCC2)c2ccccc21. The maximum absolute atomic E-state index is 10.8. The average molecular weight is 287 g/mol. The van der Waals surface area contributed by atoms with E-state index in [2.05, 4.69) is 36.5 Å². The van der Waals surface area contributed by atoms with Crippen molar-refractivity contribution in [1.82, 2.24) is 5.32 Å². The van der Waals surface area contributed by atoms with Gasteiger partial charge in [-0.3, -0.25) is 0 Å². The Morgan fingerprint density at radius 3 is 2.43 bits per heavy atom. The van der Waals surface area contributed by atoms with E-state index in [4.69, 9.17) is 0 Å². The molecule has 3 rings (SSSR count). The standard InChI is InChI=1S/C19H29NO/c1-15-10-11-18(17-9-5-4-8-16(15)17)20-14-19(21)12-6-2-3-7-13-19/h4-5,8-9,15,18,20-21H,2-3,6-7,10-14H2,1H3. The van der Waals surface area contributed by atoms with Crippen LogP contribution in [0, 0.1) is 0 Å². The van der Waals surface area contributed by atoms with Crippen LogP contribution in [0.2, 0.25) is 0 Å². The highest BCUT2D eigenvalue weighted by atomic mass is 16.3. The molecule has 2 aliphatic carbocycles. The predicted molar refractivity (Wildman–Crippen MR) is 87.5 cm³/mol. The number of benzene rings is 1. The van der Waals surface area contributed by atoms with Crippen LogP contribution in [0.1, 0.15) is 81.4 Å². The largest absolute Gasteiger partial charge is 0.389 e. The van der Waals surface area contributed by atoms with Crippen LogP contribution >= 0.6 is 0 Å². The second-order valence-corrected chi connectivity index (χ2v) is 7.18. The lowest BCUT2D eigenvalue weighted by molar-refractivity contribution is 0.0220. The molecule has 1 fully saturated rings. The summed E-state index contributed by atoms with van der Waals surface area (Å²) in [5.41, 5.74) is 2.47. The van der Waals surface area contributed by atoms with Crippen molar-refractivity contribution in [3.63, 3.8) is 0 Å². The average Bonchev–Trinajstić information content (AvgIpc) is 2.72. The molecule has 0 aliphatic heterocycles. The molecule has 0 amide bonds. The summed E-state index contributed by atoms with van der Waals surface area (Å²) in [7, 11) is 0. The van der Waals surface area contributed by atoms with Gasteiger partial charge in [-0.1, -0.05) is 56.9 Å². The molecule has 2 atom stereocenters. The Hall–Kier alpha value is -0.860. The van der Waals surface area contributed by atoms with Crippen LogP contribution < -0.4 is 5.32 Å². The van der Waals surface area contributed by atoms with E-state index in [1.165, 1.54) is 49.7 Å². The second-order valence-electron chi connectivity index (χ2n) is 7.18. The quantitative estimate of drug-likeness (QED) is 0.812. The summed E-state index contributed by atoms with van der Waals surface area (Å²) in [6.45, 7) is 3.08. The van der Waals surface area contributed by atoms with Gasteiger partial charge in [-0.05, 0) is 42.7 Å². The van der Waals surface area contributed by atoms with Gasteiger partial charge in [-0.15, -0.1) is 0 Å². The fourth-order valence-corrected chi connectivity index (χ4v) is 4.09. The smallest absolute Gasteiger partial charge is 0.0771 e. The van der Waals surface area contributed by atoms with Gasteiger partial charge in [0.1, 0.15) is 0 Å². The normalized spacial score (nSPS) is 28.7. The highest BCUT2D eigenvalue weighted by Crippen LogP contribution is 2.37. The van der Waals surface area contributed by atoms with Crippen LogP contribution in [0.4, 0.5) is 0 Å². The summed E-state index contributed by atoms with van der Waals surface area (Å²) in [5, 5.41) is 14.5. The number of hydrogen-bond donors (Lipinski definition) is 2. The van der Waals surface area contributed by atoms with Gasteiger partial charge in [0.15, 0.2) is 0 Å². The molecule has 0 radical (unpaired) electrons. The predicted octanol–water partition coefficient (Wildman–Crippen LogP) is 4.30. The number of fused-ring (bicyclic) bond motifs is 1. The van der Waals surface area contributed by atoms with Crippen molar-refractivity contribution >= 4 is 0 Å². The Morgan fingerprint density at radius 2 is 1.71 bits per heavy atom. The Labute approximate surface area is 129 Å². The van der Waals surface area contributed by atoms with Crippen LogP contribution in [-0.4, -0.2) is 17.3 Å². The van der Waals surface area contributed by atoms with Gasteiger partial charge < -0.3 is 10.4 Å². The molecular weight excluding hydrogens is 258 g/mol. The minimum absolute atomic E-state index is 0.421. The van der Waals surface area contributed by atoms with Gasteiger partial charge in [0.25, 0.3) is 0 Å². The van der Waals surface area contributed by atoms with Crippen molar-refractivity contribution in [3.05, 3.63) is 35.4 Å². The van der Waals surface area contributed by atoms with Gasteiger partial charge in [-0.25, -0.2) is 0 Å². The molecule has 0 heterocycles. The molecular formula is C19H29NO. The molecule has 0 spiro atoms. The fourth-order valence-electron chi connectivity index (χ4n) is 4.09. The highest BCUT2D eigenvalue weighted by molar-refractivity contribution is 5.34. The van der Waals surface area contributed by atoms with Gasteiger partial charge >= 0.3 is 0 Å². The summed E-state index contributed by atoms with van der Waals surface area (Å²) >= 11 is 0. The molecule has 21 heavy (non-hydrogen) atoms. The lowest BCUT2D eigenvalue weighted by atomic mass is 9.80. The van der Waals surface area contributed by atoms with Crippen LogP contribution in [0.5, 0.6) is 0 Å². The molecule has 2 N–H and O–H groups in total. The summed E-state index contributed by atoms with van der Waals surface area (Å²) in [4.78, 5) is 0. The van der Waals surface area contributed by atoms with Crippen LogP contribution in [-0.2, 0) is 0 Å². The van der Waals surface area contributed by atoms with E-state index in [0.29, 0.717) is 12.0 Å². The number of nitrogens with one attached hydrogen (secondary N) is 1. The molecule has 2 unspecified atom stereocenters. The Kier molecular flexibility index (Phi) is 4.66. The third kappa shape index (κ3) is 3.49. The highest BCUT2D eigenvalue weighted by Gasteiger charge is 2.30. The summed E-state index contributed by atoms with van der Waals surface area (Å²) < 4.78 is 0. The van der Waals surface area contributed by atoms with Crippen LogP contribution in [0.25, 0.3) is 0 Å². The topological polar surface area (TPSA) is 32.3 Å². The maximum Gasteiger partial charge on any atom is 0.0771 e. The third-order valence-electron chi connectivity index (χ3n) is 5.50. The number of aliphatic hydroxyl groups is 1. The Balaban J connectivity index is 1.67. The van der Waals surface area contributed by atoms with E-state index >= 15 is 0 Å². The molecule has 1 aromatic rings. The zero-order chi connectivity index (χ0) is 14.7. The molecule has 2 nitrogen and oxygen atoms in total. The summed E-state index contributed by atoms with van der Waals surface area (Å²) in [5.74, 6) is 0.667. The Morgan fingerprint density at radius 1 is 1.05 bits per heavy atom. The van der Waals surface area contributed by atoms with E-state index in [9.17, 15) is 5.11 Å². The molecule has 0 aromatic heterocycles. The second kappa shape index (κ2) is 6.50. The molecule has 1 saturated carbocycles. The molecule has 0 bridgehead atoms. The lowest BCUT2D eigenvalue weighted by Gasteiger charge is -2.34. The first-order valence-electron chi connectivity index (χ1n) is 8.73.